The summed E-state index contributed by atoms with van der Waals surface area (Å²) in [6.45, 7) is 0. The first-order valence-corrected chi connectivity index (χ1v) is 16.1. The minimum atomic E-state index is -0.538. The maximum Gasteiger partial charge on any atom is 0.161 e. The van der Waals surface area contributed by atoms with Crippen molar-refractivity contribution in [1.82, 2.24) is 9.97 Å². The average Bonchev–Trinajstić information content (AvgIpc) is 3.48. The van der Waals surface area contributed by atoms with E-state index in [1.165, 1.54) is 44.2 Å². The van der Waals surface area contributed by atoms with Gasteiger partial charge in [-0.15, -0.1) is 0 Å². The number of fused-ring (bicyclic) bond motifs is 5. The first kappa shape index (κ1) is 27.2. The van der Waals surface area contributed by atoms with Crippen molar-refractivity contribution in [3.05, 3.63) is 204 Å². The molecule has 0 N–H and O–H groups in total. The van der Waals surface area contributed by atoms with Gasteiger partial charge in [0.2, 0.25) is 0 Å². The third-order valence-corrected chi connectivity index (χ3v) is 9.54. The van der Waals surface area contributed by atoms with E-state index >= 15 is 0 Å². The molecule has 47 heavy (non-hydrogen) atoms. The van der Waals surface area contributed by atoms with E-state index in [2.05, 4.69) is 170 Å². The van der Waals surface area contributed by atoms with Crippen LogP contribution in [0.15, 0.2) is 182 Å². The molecule has 0 fully saturated rings. The van der Waals surface area contributed by atoms with Crippen LogP contribution in [0, 0.1) is 0 Å². The minimum Gasteiger partial charge on any atom is -0.228 e. The first-order valence-electron chi connectivity index (χ1n) is 16.1. The molecule has 0 atom stereocenters. The molecule has 2 heteroatoms. The molecule has 8 aromatic rings. The van der Waals surface area contributed by atoms with E-state index in [4.69, 9.17) is 9.97 Å². The fourth-order valence-corrected chi connectivity index (χ4v) is 7.58. The zero-order chi connectivity index (χ0) is 31.2. The molecule has 0 radical (unpaired) electrons. The first-order chi connectivity index (χ1) is 23.3. The van der Waals surface area contributed by atoms with Crippen LogP contribution >= 0.6 is 0 Å². The highest BCUT2D eigenvalue weighted by Crippen LogP contribution is 2.60. The van der Waals surface area contributed by atoms with Gasteiger partial charge in [-0.1, -0.05) is 170 Å². The number of aromatic nitrogens is 2. The van der Waals surface area contributed by atoms with Crippen LogP contribution in [-0.2, 0) is 5.41 Å². The summed E-state index contributed by atoms with van der Waals surface area (Å²) < 4.78 is 0. The van der Waals surface area contributed by atoms with Crippen molar-refractivity contribution in [2.75, 3.05) is 0 Å². The zero-order valence-corrected chi connectivity index (χ0v) is 25.7. The van der Waals surface area contributed by atoms with Gasteiger partial charge in [-0.2, -0.15) is 0 Å². The Bertz CT molecular complexity index is 2280. The lowest BCUT2D eigenvalue weighted by Crippen LogP contribution is -2.28. The molecule has 0 saturated heterocycles. The van der Waals surface area contributed by atoms with E-state index < -0.39 is 5.41 Å². The summed E-state index contributed by atoms with van der Waals surface area (Å²) in [7, 11) is 0. The minimum absolute atomic E-state index is 0.538. The van der Waals surface area contributed by atoms with Gasteiger partial charge in [0.15, 0.2) is 5.82 Å². The van der Waals surface area contributed by atoms with Crippen molar-refractivity contribution in [2.24, 2.45) is 0 Å². The predicted octanol–water partition coefficient (Wildman–Crippen LogP) is 11.0. The summed E-state index contributed by atoms with van der Waals surface area (Å²) in [6, 6.07) is 64.9. The Balaban J connectivity index is 1.45. The number of rotatable bonds is 5. The van der Waals surface area contributed by atoms with Gasteiger partial charge < -0.3 is 0 Å². The van der Waals surface area contributed by atoms with Gasteiger partial charge in [0.25, 0.3) is 0 Å². The summed E-state index contributed by atoms with van der Waals surface area (Å²) in [5.41, 5.74) is 11.9. The molecule has 7 aromatic carbocycles. The van der Waals surface area contributed by atoms with Crippen molar-refractivity contribution in [3.63, 3.8) is 0 Å². The Morgan fingerprint density at radius 1 is 0.404 bits per heavy atom. The second kappa shape index (κ2) is 11.0. The summed E-state index contributed by atoms with van der Waals surface area (Å²) in [5.74, 6) is 0.721. The summed E-state index contributed by atoms with van der Waals surface area (Å²) >= 11 is 0. The van der Waals surface area contributed by atoms with Gasteiger partial charge in [-0.25, -0.2) is 9.97 Å². The van der Waals surface area contributed by atoms with E-state index in [-0.39, 0.29) is 0 Å². The number of benzene rings is 7. The smallest absolute Gasteiger partial charge is 0.161 e. The predicted molar refractivity (Wildman–Crippen MR) is 193 cm³/mol. The lowest BCUT2D eigenvalue weighted by molar-refractivity contribution is 0.775. The van der Waals surface area contributed by atoms with Crippen LogP contribution in [0.4, 0.5) is 0 Å². The SMILES string of the molecule is c1ccc(-c2cc(-c3ccccc3)nc(-c3cc4ccccc4c4c3-c3ccccc3C4(c3ccccc3)c3ccccc3)n2)cc1. The Kier molecular flexibility index (Phi) is 6.39. The van der Waals surface area contributed by atoms with Crippen LogP contribution in [0.1, 0.15) is 22.3 Å². The second-order valence-electron chi connectivity index (χ2n) is 12.1. The summed E-state index contributed by atoms with van der Waals surface area (Å²) in [4.78, 5) is 10.7. The molecule has 0 bridgehead atoms. The highest BCUT2D eigenvalue weighted by atomic mass is 14.9. The molecule has 220 valence electrons. The lowest BCUT2D eigenvalue weighted by atomic mass is 9.66. The molecule has 9 rings (SSSR count). The quantitative estimate of drug-likeness (QED) is 0.197. The molecule has 0 aliphatic heterocycles. The molecule has 2 nitrogen and oxygen atoms in total. The molecule has 0 amide bonds. The van der Waals surface area contributed by atoms with E-state index in [1.807, 2.05) is 12.1 Å². The Morgan fingerprint density at radius 2 is 0.894 bits per heavy atom. The van der Waals surface area contributed by atoms with Crippen molar-refractivity contribution in [1.29, 1.82) is 0 Å². The molecule has 1 aliphatic rings. The number of hydrogen-bond acceptors (Lipinski definition) is 2. The van der Waals surface area contributed by atoms with Gasteiger partial charge >= 0.3 is 0 Å². The number of hydrogen-bond donors (Lipinski definition) is 0. The van der Waals surface area contributed by atoms with Crippen LogP contribution in [0.3, 0.4) is 0 Å². The van der Waals surface area contributed by atoms with Crippen molar-refractivity contribution in [2.45, 2.75) is 5.41 Å². The fourth-order valence-electron chi connectivity index (χ4n) is 7.58. The van der Waals surface area contributed by atoms with Gasteiger partial charge in [-0.05, 0) is 56.3 Å². The largest absolute Gasteiger partial charge is 0.228 e. The van der Waals surface area contributed by atoms with E-state index in [0.717, 1.165) is 33.9 Å². The average molecular weight is 599 g/mol. The summed E-state index contributed by atoms with van der Waals surface area (Å²) in [6.07, 6.45) is 0. The van der Waals surface area contributed by atoms with Crippen LogP contribution in [0.5, 0.6) is 0 Å². The molecule has 1 heterocycles. The van der Waals surface area contributed by atoms with Gasteiger partial charge in [0, 0.05) is 16.7 Å². The molecular weight excluding hydrogens is 569 g/mol. The van der Waals surface area contributed by atoms with E-state index in [1.54, 1.807) is 0 Å². The van der Waals surface area contributed by atoms with Crippen LogP contribution in [0.2, 0.25) is 0 Å². The van der Waals surface area contributed by atoms with Crippen molar-refractivity contribution >= 4 is 10.8 Å². The summed E-state index contributed by atoms with van der Waals surface area (Å²) in [5, 5.41) is 2.40. The van der Waals surface area contributed by atoms with Crippen molar-refractivity contribution < 1.29 is 0 Å². The molecule has 0 spiro atoms. The van der Waals surface area contributed by atoms with E-state index in [9.17, 15) is 0 Å². The van der Waals surface area contributed by atoms with Crippen LogP contribution < -0.4 is 0 Å². The van der Waals surface area contributed by atoms with Gasteiger partial charge in [0.05, 0.1) is 16.8 Å². The zero-order valence-electron chi connectivity index (χ0n) is 25.7. The van der Waals surface area contributed by atoms with Crippen LogP contribution in [-0.4, -0.2) is 9.97 Å². The third-order valence-electron chi connectivity index (χ3n) is 9.54. The standard InChI is InChI=1S/C45H30N2/c1-5-17-31(18-6-1)40-30-41(32-19-7-2-8-20-32)47-44(46-40)38-29-33-21-13-14-26-36(33)43-42(38)37-27-15-16-28-39(37)45(43,34-22-9-3-10-23-34)35-24-11-4-12-25-35/h1-30H. The topological polar surface area (TPSA) is 25.8 Å². The second-order valence-corrected chi connectivity index (χ2v) is 12.1. The van der Waals surface area contributed by atoms with E-state index in [0.29, 0.717) is 0 Å². The Morgan fingerprint density at radius 3 is 1.49 bits per heavy atom. The molecule has 0 saturated carbocycles. The maximum absolute atomic E-state index is 5.34. The molecule has 0 unspecified atom stereocenters. The third kappa shape index (κ3) is 4.26. The van der Waals surface area contributed by atoms with Crippen LogP contribution in [0.25, 0.3) is 55.8 Å². The Hall–Kier alpha value is -6.12. The maximum atomic E-state index is 5.34. The van der Waals surface area contributed by atoms with Crippen molar-refractivity contribution in [3.8, 4) is 45.0 Å². The monoisotopic (exact) mass is 598 g/mol. The lowest BCUT2D eigenvalue weighted by Gasteiger charge is -2.34. The highest BCUT2D eigenvalue weighted by molar-refractivity contribution is 6.06. The van der Waals surface area contributed by atoms with Gasteiger partial charge in [0.1, 0.15) is 0 Å². The molecule has 1 aliphatic carbocycles. The Labute approximate surface area is 274 Å². The fraction of sp³-hybridized carbons (Fsp3) is 0.0222. The highest BCUT2D eigenvalue weighted by Gasteiger charge is 2.48. The number of nitrogens with zero attached hydrogens (tertiary/aromatic N) is 2. The normalized spacial score (nSPS) is 12.9. The van der Waals surface area contributed by atoms with Gasteiger partial charge in [-0.3, -0.25) is 0 Å². The molecular formula is C45H30N2. The molecule has 1 aromatic heterocycles.